The van der Waals surface area contributed by atoms with E-state index in [1.807, 2.05) is 0 Å². The second kappa shape index (κ2) is 6.19. The van der Waals surface area contributed by atoms with Gasteiger partial charge in [0.25, 0.3) is 5.91 Å². The van der Waals surface area contributed by atoms with E-state index in [1.54, 1.807) is 36.4 Å². The number of hydrogen-bond acceptors (Lipinski definition) is 3. The van der Waals surface area contributed by atoms with Gasteiger partial charge in [-0.05, 0) is 64.5 Å². The first-order chi connectivity index (χ1) is 10.6. The van der Waals surface area contributed by atoms with Crippen LogP contribution in [0.5, 0.6) is 0 Å². The fourth-order valence-electron chi connectivity index (χ4n) is 1.93. The molecule has 0 saturated carbocycles. The van der Waals surface area contributed by atoms with E-state index in [1.165, 1.54) is 12.1 Å². The molecule has 22 heavy (non-hydrogen) atoms. The third-order valence-corrected chi connectivity index (χ3v) is 3.44. The van der Waals surface area contributed by atoms with Crippen LogP contribution in [0.2, 0.25) is 0 Å². The van der Waals surface area contributed by atoms with E-state index in [0.29, 0.717) is 16.2 Å². The third-order valence-electron chi connectivity index (χ3n) is 3.01. The molecule has 2 aromatic heterocycles. The Labute approximate surface area is 134 Å². The summed E-state index contributed by atoms with van der Waals surface area (Å²) in [4.78, 5) is 11.8. The quantitative estimate of drug-likeness (QED) is 0.748. The Bertz CT molecular complexity index is 792. The van der Waals surface area contributed by atoms with Gasteiger partial charge >= 0.3 is 0 Å². The van der Waals surface area contributed by atoms with Crippen molar-refractivity contribution < 1.29 is 18.0 Å². The minimum atomic E-state index is -0.328. The molecule has 3 rings (SSSR count). The Morgan fingerprint density at radius 1 is 1.05 bits per heavy atom. The normalized spacial score (nSPS) is 10.6. The minimum absolute atomic E-state index is 0.220. The van der Waals surface area contributed by atoms with Crippen LogP contribution >= 0.6 is 15.9 Å². The van der Waals surface area contributed by atoms with E-state index in [4.69, 9.17) is 8.83 Å². The highest BCUT2D eigenvalue weighted by atomic mass is 79.9. The zero-order chi connectivity index (χ0) is 15.5. The average molecular weight is 364 g/mol. The first-order valence-corrected chi connectivity index (χ1v) is 7.29. The molecular formula is C16H11BrFNO3. The van der Waals surface area contributed by atoms with Crippen molar-refractivity contribution in [3.63, 3.8) is 0 Å². The summed E-state index contributed by atoms with van der Waals surface area (Å²) >= 11 is 3.14. The highest BCUT2D eigenvalue weighted by Crippen LogP contribution is 2.22. The van der Waals surface area contributed by atoms with Crippen LogP contribution in [0.15, 0.2) is 62.0 Å². The van der Waals surface area contributed by atoms with Crippen molar-refractivity contribution in [2.24, 2.45) is 0 Å². The van der Waals surface area contributed by atoms with Gasteiger partial charge in [-0.3, -0.25) is 4.79 Å². The summed E-state index contributed by atoms with van der Waals surface area (Å²) in [6, 6.07) is 12.8. The molecule has 1 N–H and O–H groups in total. The number of hydrogen-bond donors (Lipinski definition) is 1. The lowest BCUT2D eigenvalue weighted by molar-refractivity contribution is 0.0919. The van der Waals surface area contributed by atoms with Gasteiger partial charge in [-0.1, -0.05) is 0 Å². The zero-order valence-corrected chi connectivity index (χ0v) is 12.9. The fourth-order valence-corrected chi connectivity index (χ4v) is 2.24. The monoisotopic (exact) mass is 363 g/mol. The Balaban J connectivity index is 1.64. The molecule has 3 aromatic rings. The van der Waals surface area contributed by atoms with Crippen LogP contribution in [0, 0.1) is 5.82 Å². The molecule has 2 heterocycles. The molecule has 0 spiro atoms. The van der Waals surface area contributed by atoms with Crippen molar-refractivity contribution in [1.29, 1.82) is 0 Å². The number of carbonyl (C=O) groups is 1. The predicted molar refractivity (Wildman–Crippen MR) is 81.7 cm³/mol. The maximum absolute atomic E-state index is 12.9. The topological polar surface area (TPSA) is 55.4 Å². The van der Waals surface area contributed by atoms with Crippen LogP contribution in [0.4, 0.5) is 4.39 Å². The van der Waals surface area contributed by atoms with Crippen molar-refractivity contribution >= 4 is 21.8 Å². The second-order valence-electron chi connectivity index (χ2n) is 4.56. The lowest BCUT2D eigenvalue weighted by atomic mass is 10.2. The van der Waals surface area contributed by atoms with Crippen molar-refractivity contribution in [2.45, 2.75) is 6.54 Å². The fraction of sp³-hybridized carbons (Fsp3) is 0.0625. The van der Waals surface area contributed by atoms with E-state index >= 15 is 0 Å². The van der Waals surface area contributed by atoms with E-state index in [9.17, 15) is 9.18 Å². The molecule has 0 saturated heterocycles. The van der Waals surface area contributed by atoms with Crippen LogP contribution in [0.1, 0.15) is 16.3 Å². The van der Waals surface area contributed by atoms with Crippen LogP contribution < -0.4 is 5.32 Å². The van der Waals surface area contributed by atoms with E-state index in [0.717, 1.165) is 5.56 Å². The number of furan rings is 2. The summed E-state index contributed by atoms with van der Waals surface area (Å²) in [7, 11) is 0. The van der Waals surface area contributed by atoms with Gasteiger partial charge in [0.2, 0.25) is 0 Å². The van der Waals surface area contributed by atoms with Gasteiger partial charge in [-0.25, -0.2) is 4.39 Å². The molecular weight excluding hydrogens is 353 g/mol. The largest absolute Gasteiger partial charge is 0.459 e. The smallest absolute Gasteiger partial charge is 0.287 e. The summed E-state index contributed by atoms with van der Waals surface area (Å²) in [5.41, 5.74) is 0.772. The predicted octanol–water partition coefficient (Wildman–Crippen LogP) is 4.37. The number of halogens is 2. The molecule has 0 aliphatic heterocycles. The number of amides is 1. The van der Waals surface area contributed by atoms with Crippen molar-refractivity contribution in [2.75, 3.05) is 0 Å². The SMILES string of the molecule is O=C(NCc1ccc(-c2ccc(F)cc2)o1)c1ccc(Br)o1. The van der Waals surface area contributed by atoms with Crippen molar-refractivity contribution in [1.82, 2.24) is 5.32 Å². The molecule has 0 fully saturated rings. The Hall–Kier alpha value is -2.34. The molecule has 0 radical (unpaired) electrons. The summed E-state index contributed by atoms with van der Waals surface area (Å²) in [5, 5.41) is 2.70. The number of nitrogens with one attached hydrogen (secondary N) is 1. The second-order valence-corrected chi connectivity index (χ2v) is 5.34. The minimum Gasteiger partial charge on any atom is -0.459 e. The highest BCUT2D eigenvalue weighted by molar-refractivity contribution is 9.10. The molecule has 0 atom stereocenters. The van der Waals surface area contributed by atoms with E-state index in [-0.39, 0.29) is 24.0 Å². The summed E-state index contributed by atoms with van der Waals surface area (Å²) < 4.78 is 24.2. The number of carbonyl (C=O) groups excluding carboxylic acids is 1. The van der Waals surface area contributed by atoms with Crippen molar-refractivity contribution in [3.05, 3.63) is 70.5 Å². The summed E-state index contributed by atoms with van der Waals surface area (Å²) in [6.07, 6.45) is 0. The molecule has 0 aliphatic carbocycles. The first-order valence-electron chi connectivity index (χ1n) is 6.50. The highest BCUT2D eigenvalue weighted by Gasteiger charge is 2.11. The van der Waals surface area contributed by atoms with Gasteiger partial charge in [-0.15, -0.1) is 0 Å². The van der Waals surface area contributed by atoms with Crippen molar-refractivity contribution in [3.8, 4) is 11.3 Å². The lowest BCUT2D eigenvalue weighted by Gasteiger charge is -2.01. The average Bonchev–Trinajstić information content (AvgIpc) is 3.15. The first kappa shape index (κ1) is 14.6. The lowest BCUT2D eigenvalue weighted by Crippen LogP contribution is -2.21. The van der Waals surface area contributed by atoms with Gasteiger partial charge in [0.1, 0.15) is 17.3 Å². The molecule has 0 aliphatic rings. The summed E-state index contributed by atoms with van der Waals surface area (Å²) in [6.45, 7) is 0.234. The maximum atomic E-state index is 12.9. The third kappa shape index (κ3) is 3.28. The van der Waals surface area contributed by atoms with Gasteiger partial charge in [0, 0.05) is 5.56 Å². The van der Waals surface area contributed by atoms with E-state index < -0.39 is 0 Å². The van der Waals surface area contributed by atoms with Crippen LogP contribution in [0.25, 0.3) is 11.3 Å². The number of rotatable bonds is 4. The molecule has 0 unspecified atom stereocenters. The molecule has 6 heteroatoms. The molecule has 1 aromatic carbocycles. The maximum Gasteiger partial charge on any atom is 0.287 e. The van der Waals surface area contributed by atoms with Gasteiger partial charge in [0.05, 0.1) is 6.54 Å². The van der Waals surface area contributed by atoms with E-state index in [2.05, 4.69) is 21.2 Å². The molecule has 1 amide bonds. The summed E-state index contributed by atoms with van der Waals surface area (Å²) in [5.74, 6) is 0.804. The van der Waals surface area contributed by atoms with Gasteiger partial charge in [-0.2, -0.15) is 0 Å². The van der Waals surface area contributed by atoms with Crippen LogP contribution in [-0.4, -0.2) is 5.91 Å². The molecule has 0 bridgehead atoms. The number of benzene rings is 1. The Morgan fingerprint density at radius 3 is 2.50 bits per heavy atom. The zero-order valence-electron chi connectivity index (χ0n) is 11.3. The van der Waals surface area contributed by atoms with Crippen LogP contribution in [-0.2, 0) is 6.54 Å². The standard InChI is InChI=1S/C16H11BrFNO3/c17-15-8-7-14(22-15)16(20)19-9-12-5-6-13(21-12)10-1-3-11(18)4-2-10/h1-8H,9H2,(H,19,20). The Kier molecular flexibility index (Phi) is 4.11. The van der Waals surface area contributed by atoms with Gasteiger partial charge in [0.15, 0.2) is 10.4 Å². The van der Waals surface area contributed by atoms with Gasteiger partial charge < -0.3 is 14.2 Å². The van der Waals surface area contributed by atoms with Crippen LogP contribution in [0.3, 0.4) is 0 Å². The Morgan fingerprint density at radius 2 is 1.82 bits per heavy atom. The molecule has 4 nitrogen and oxygen atoms in total. The molecule has 112 valence electrons.